The van der Waals surface area contributed by atoms with Crippen molar-refractivity contribution in [3.63, 3.8) is 0 Å². The van der Waals surface area contributed by atoms with Crippen LogP contribution in [0.2, 0.25) is 0 Å². The first-order chi connectivity index (χ1) is 5.41. The zero-order valence-electron chi connectivity index (χ0n) is 7.89. The van der Waals surface area contributed by atoms with E-state index in [-0.39, 0.29) is 6.61 Å². The van der Waals surface area contributed by atoms with Crippen molar-refractivity contribution in [3.05, 3.63) is 0 Å². The van der Waals surface area contributed by atoms with Crippen LogP contribution in [0.25, 0.3) is 0 Å². The summed E-state index contributed by atoms with van der Waals surface area (Å²) in [6.07, 6.45) is 0. The molecule has 0 bridgehead atoms. The average Bonchev–Trinajstić information content (AvgIpc) is 2.08. The third-order valence-corrected chi connectivity index (χ3v) is 0.909. The Balaban J connectivity index is 0. The van der Waals surface area contributed by atoms with E-state index >= 15 is 0 Å². The number of likely N-dealkylation sites (N-methyl/N-ethyl adjacent to an activating group) is 1. The highest BCUT2D eigenvalue weighted by Gasteiger charge is 1.83. The van der Waals surface area contributed by atoms with Gasteiger partial charge in [0.05, 0.1) is 19.8 Å². The molecule has 2 N–H and O–H groups in total. The molecule has 0 unspecified atom stereocenters. The van der Waals surface area contributed by atoms with Crippen LogP contribution in [0.1, 0.15) is 20.8 Å². The normalized spacial score (nSPS) is 8.73. The minimum Gasteiger partial charge on any atom is -0.394 e. The van der Waals surface area contributed by atoms with Gasteiger partial charge in [-0.05, 0) is 6.54 Å². The summed E-state index contributed by atoms with van der Waals surface area (Å²) in [6, 6.07) is 0. The van der Waals surface area contributed by atoms with Crippen LogP contribution >= 0.6 is 0 Å². The van der Waals surface area contributed by atoms with Gasteiger partial charge in [0.2, 0.25) is 0 Å². The maximum atomic E-state index is 8.28. The molecule has 0 spiro atoms. The van der Waals surface area contributed by atoms with Gasteiger partial charge in [-0.1, -0.05) is 20.8 Å². The predicted molar refractivity (Wildman–Crippen MR) is 47.8 cm³/mol. The topological polar surface area (TPSA) is 41.5 Å². The maximum Gasteiger partial charge on any atom is 0.0698 e. The Morgan fingerprint density at radius 2 is 1.91 bits per heavy atom. The summed E-state index contributed by atoms with van der Waals surface area (Å²) >= 11 is 0. The summed E-state index contributed by atoms with van der Waals surface area (Å²) in [5, 5.41) is 11.4. The van der Waals surface area contributed by atoms with Crippen molar-refractivity contribution >= 4 is 0 Å². The molecular weight excluding hydrogens is 142 g/mol. The summed E-state index contributed by atoms with van der Waals surface area (Å²) in [7, 11) is 0. The van der Waals surface area contributed by atoms with E-state index in [2.05, 4.69) is 5.32 Å². The van der Waals surface area contributed by atoms with Crippen LogP contribution in [-0.4, -0.2) is 38.0 Å². The Hall–Kier alpha value is -0.120. The zero-order valence-corrected chi connectivity index (χ0v) is 7.89. The minimum atomic E-state index is 0.117. The van der Waals surface area contributed by atoms with Crippen LogP contribution in [-0.2, 0) is 4.74 Å². The van der Waals surface area contributed by atoms with Gasteiger partial charge in [-0.15, -0.1) is 0 Å². The van der Waals surface area contributed by atoms with E-state index in [9.17, 15) is 0 Å². The van der Waals surface area contributed by atoms with Crippen LogP contribution < -0.4 is 5.32 Å². The third-order valence-electron chi connectivity index (χ3n) is 0.909. The molecule has 0 rings (SSSR count). The molecule has 0 amide bonds. The van der Waals surface area contributed by atoms with Crippen LogP contribution in [0, 0.1) is 0 Å². The van der Waals surface area contributed by atoms with Gasteiger partial charge in [0.25, 0.3) is 0 Å². The number of ether oxygens (including phenoxy) is 1. The molecule has 70 valence electrons. The van der Waals surface area contributed by atoms with E-state index < -0.39 is 0 Å². The molecule has 0 aliphatic rings. The molecule has 0 aromatic carbocycles. The molecule has 0 aromatic heterocycles. The van der Waals surface area contributed by atoms with Crippen LogP contribution in [0.4, 0.5) is 0 Å². The number of rotatable bonds is 6. The lowest BCUT2D eigenvalue weighted by molar-refractivity contribution is 0.0942. The summed E-state index contributed by atoms with van der Waals surface area (Å²) in [6.45, 7) is 9.15. The predicted octanol–water partition coefficient (Wildman–Crippen LogP) is 0.631. The smallest absolute Gasteiger partial charge is 0.0698 e. The molecule has 0 aliphatic carbocycles. The van der Waals surface area contributed by atoms with Gasteiger partial charge >= 0.3 is 0 Å². The Labute approximate surface area is 69.8 Å². The fraction of sp³-hybridized carbons (Fsp3) is 1.00. The lowest BCUT2D eigenvalue weighted by Gasteiger charge is -2.00. The van der Waals surface area contributed by atoms with Crippen LogP contribution in [0.5, 0.6) is 0 Å². The first-order valence-electron chi connectivity index (χ1n) is 4.31. The Kier molecular flexibility index (Phi) is 20.2. The molecule has 0 aromatic rings. The number of hydrogen-bond acceptors (Lipinski definition) is 3. The lowest BCUT2D eigenvalue weighted by atomic mass is 10.6. The Morgan fingerprint density at radius 3 is 2.36 bits per heavy atom. The molecule has 0 aliphatic heterocycles. The summed E-state index contributed by atoms with van der Waals surface area (Å²) in [4.78, 5) is 0. The number of hydrogen-bond donors (Lipinski definition) is 2. The van der Waals surface area contributed by atoms with Crippen molar-refractivity contribution in [1.82, 2.24) is 5.32 Å². The first kappa shape index (κ1) is 13.5. The molecular formula is C8H21NO2. The fourth-order valence-electron chi connectivity index (χ4n) is 0.488. The van der Waals surface area contributed by atoms with E-state index in [0.717, 1.165) is 13.1 Å². The van der Waals surface area contributed by atoms with Crippen molar-refractivity contribution in [1.29, 1.82) is 0 Å². The fourth-order valence-corrected chi connectivity index (χ4v) is 0.488. The summed E-state index contributed by atoms with van der Waals surface area (Å²) in [5.41, 5.74) is 0. The summed E-state index contributed by atoms with van der Waals surface area (Å²) in [5.74, 6) is 0. The monoisotopic (exact) mass is 163 g/mol. The largest absolute Gasteiger partial charge is 0.394 e. The van der Waals surface area contributed by atoms with Crippen LogP contribution in [0.3, 0.4) is 0 Å². The number of nitrogens with one attached hydrogen (secondary N) is 1. The highest BCUT2D eigenvalue weighted by molar-refractivity contribution is 4.39. The van der Waals surface area contributed by atoms with Gasteiger partial charge < -0.3 is 15.2 Å². The van der Waals surface area contributed by atoms with Crippen LogP contribution in [0.15, 0.2) is 0 Å². The molecule has 0 heterocycles. The molecule has 0 saturated heterocycles. The Bertz CT molecular complexity index is 45.4. The van der Waals surface area contributed by atoms with Crippen molar-refractivity contribution in [3.8, 4) is 0 Å². The van der Waals surface area contributed by atoms with Gasteiger partial charge in [0.1, 0.15) is 0 Å². The molecule has 0 fully saturated rings. The minimum absolute atomic E-state index is 0.117. The molecule has 3 heteroatoms. The van der Waals surface area contributed by atoms with E-state index in [1.807, 2.05) is 20.8 Å². The highest BCUT2D eigenvalue weighted by Crippen LogP contribution is 1.69. The van der Waals surface area contributed by atoms with Gasteiger partial charge in [-0.3, -0.25) is 0 Å². The number of aliphatic hydroxyl groups is 1. The van der Waals surface area contributed by atoms with Crippen molar-refractivity contribution in [2.75, 3.05) is 32.9 Å². The molecule has 0 radical (unpaired) electrons. The lowest BCUT2D eigenvalue weighted by Crippen LogP contribution is -2.19. The maximum absolute atomic E-state index is 8.28. The molecule has 0 saturated carbocycles. The van der Waals surface area contributed by atoms with E-state index in [1.165, 1.54) is 0 Å². The molecule has 0 atom stereocenters. The second-order valence-electron chi connectivity index (χ2n) is 1.69. The van der Waals surface area contributed by atoms with Crippen molar-refractivity contribution < 1.29 is 9.84 Å². The standard InChI is InChI=1S/C6H15NO2.C2H6/c1-2-7-3-5-9-6-4-8;1-2/h7-8H,2-6H2,1H3;1-2H3. The van der Waals surface area contributed by atoms with Gasteiger partial charge in [0, 0.05) is 6.54 Å². The van der Waals surface area contributed by atoms with E-state index in [4.69, 9.17) is 9.84 Å². The number of aliphatic hydroxyl groups excluding tert-OH is 1. The van der Waals surface area contributed by atoms with E-state index in [0.29, 0.717) is 13.2 Å². The van der Waals surface area contributed by atoms with Crippen molar-refractivity contribution in [2.45, 2.75) is 20.8 Å². The van der Waals surface area contributed by atoms with Gasteiger partial charge in [-0.2, -0.15) is 0 Å². The van der Waals surface area contributed by atoms with Gasteiger partial charge in [0.15, 0.2) is 0 Å². The third kappa shape index (κ3) is 17.7. The second kappa shape index (κ2) is 16.5. The quantitative estimate of drug-likeness (QED) is 0.564. The first-order valence-corrected chi connectivity index (χ1v) is 4.31. The zero-order chi connectivity index (χ0) is 8.95. The average molecular weight is 163 g/mol. The van der Waals surface area contributed by atoms with Gasteiger partial charge in [-0.25, -0.2) is 0 Å². The van der Waals surface area contributed by atoms with E-state index in [1.54, 1.807) is 0 Å². The summed E-state index contributed by atoms with van der Waals surface area (Å²) < 4.78 is 4.97. The highest BCUT2D eigenvalue weighted by atomic mass is 16.5. The second-order valence-corrected chi connectivity index (χ2v) is 1.69. The SMILES string of the molecule is CC.CCNCCOCCO. The molecule has 3 nitrogen and oxygen atoms in total. The van der Waals surface area contributed by atoms with Crippen molar-refractivity contribution in [2.24, 2.45) is 0 Å². The Morgan fingerprint density at radius 1 is 1.27 bits per heavy atom. The molecule has 11 heavy (non-hydrogen) atoms.